The van der Waals surface area contributed by atoms with Gasteiger partial charge in [-0.3, -0.25) is 14.5 Å². The lowest BCUT2D eigenvalue weighted by Gasteiger charge is -2.25. The third kappa shape index (κ3) is 7.09. The van der Waals surface area contributed by atoms with Crippen molar-refractivity contribution in [2.24, 2.45) is 0 Å². The SMILES string of the molecule is CN(CC(=O)O)C1CCCN(C(=O)Cc2ccc(OC(F)(F)F)cc2)CC1. The Morgan fingerprint density at radius 3 is 2.48 bits per heavy atom. The van der Waals surface area contributed by atoms with Crippen molar-refractivity contribution in [2.75, 3.05) is 26.7 Å². The molecule has 1 aromatic rings. The number of amides is 1. The minimum atomic E-state index is -4.74. The number of halogens is 3. The molecule has 0 bridgehead atoms. The molecule has 1 amide bonds. The van der Waals surface area contributed by atoms with Crippen molar-refractivity contribution < 1.29 is 32.6 Å². The van der Waals surface area contributed by atoms with Crippen LogP contribution in [-0.4, -0.2) is 65.9 Å². The van der Waals surface area contributed by atoms with E-state index in [-0.39, 0.29) is 30.7 Å². The number of carboxylic acid groups (broad SMARTS) is 1. The van der Waals surface area contributed by atoms with Crippen molar-refractivity contribution in [1.82, 2.24) is 9.80 Å². The zero-order valence-corrected chi connectivity index (χ0v) is 15.0. The van der Waals surface area contributed by atoms with Crippen LogP contribution in [0.1, 0.15) is 24.8 Å². The smallest absolute Gasteiger partial charge is 0.480 e. The number of alkyl halides is 3. The van der Waals surface area contributed by atoms with Crippen LogP contribution < -0.4 is 4.74 Å². The average Bonchev–Trinajstić information content (AvgIpc) is 2.81. The van der Waals surface area contributed by atoms with Crippen molar-refractivity contribution >= 4 is 11.9 Å². The first-order valence-corrected chi connectivity index (χ1v) is 8.68. The van der Waals surface area contributed by atoms with Gasteiger partial charge >= 0.3 is 12.3 Å². The highest BCUT2D eigenvalue weighted by Gasteiger charge is 2.31. The lowest BCUT2D eigenvalue weighted by molar-refractivity contribution is -0.274. The molecule has 1 aliphatic heterocycles. The quantitative estimate of drug-likeness (QED) is 0.811. The van der Waals surface area contributed by atoms with Gasteiger partial charge in [0, 0.05) is 19.1 Å². The molecule has 9 heteroatoms. The standard InChI is InChI=1S/C18H23F3N2O4/c1-22(12-17(25)26)14-3-2-9-23(10-8-14)16(24)11-13-4-6-15(7-5-13)27-18(19,20)21/h4-7,14H,2-3,8-12H2,1H3,(H,25,26). The minimum Gasteiger partial charge on any atom is -0.480 e. The van der Waals surface area contributed by atoms with Gasteiger partial charge in [0.1, 0.15) is 5.75 Å². The lowest BCUT2D eigenvalue weighted by Crippen LogP contribution is -2.37. The van der Waals surface area contributed by atoms with E-state index in [0.29, 0.717) is 25.1 Å². The summed E-state index contributed by atoms with van der Waals surface area (Å²) in [6, 6.07) is 5.38. The average molecular weight is 388 g/mol. The van der Waals surface area contributed by atoms with E-state index in [1.807, 2.05) is 0 Å². The second-order valence-corrected chi connectivity index (χ2v) is 6.64. The number of nitrogens with zero attached hydrogens (tertiary/aromatic N) is 2. The molecular weight excluding hydrogens is 365 g/mol. The molecule has 1 fully saturated rings. The first kappa shape index (κ1) is 21.0. The maximum Gasteiger partial charge on any atom is 0.573 e. The molecule has 1 unspecified atom stereocenters. The summed E-state index contributed by atoms with van der Waals surface area (Å²) in [7, 11) is 1.76. The molecule has 0 aromatic heterocycles. The molecule has 0 spiro atoms. The number of likely N-dealkylation sites (tertiary alicyclic amines) is 1. The van der Waals surface area contributed by atoms with Gasteiger partial charge in [0.05, 0.1) is 13.0 Å². The van der Waals surface area contributed by atoms with Crippen LogP contribution in [0.4, 0.5) is 13.2 Å². The van der Waals surface area contributed by atoms with Gasteiger partial charge in [-0.05, 0) is 44.0 Å². The summed E-state index contributed by atoms with van der Waals surface area (Å²) in [5.41, 5.74) is 0.610. The van der Waals surface area contributed by atoms with E-state index in [1.54, 1.807) is 16.8 Å². The fourth-order valence-electron chi connectivity index (χ4n) is 3.21. The van der Waals surface area contributed by atoms with Gasteiger partial charge in [-0.1, -0.05) is 12.1 Å². The number of carbonyl (C=O) groups is 2. The Morgan fingerprint density at radius 2 is 1.89 bits per heavy atom. The number of ether oxygens (including phenoxy) is 1. The molecule has 1 heterocycles. The zero-order valence-electron chi connectivity index (χ0n) is 15.0. The summed E-state index contributed by atoms with van der Waals surface area (Å²) < 4.78 is 40.3. The largest absolute Gasteiger partial charge is 0.573 e. The van der Waals surface area contributed by atoms with Gasteiger partial charge < -0.3 is 14.7 Å². The van der Waals surface area contributed by atoms with Crippen molar-refractivity contribution in [3.63, 3.8) is 0 Å². The van der Waals surface area contributed by atoms with E-state index < -0.39 is 12.3 Å². The van der Waals surface area contributed by atoms with Gasteiger partial charge in [-0.25, -0.2) is 0 Å². The minimum absolute atomic E-state index is 0.0367. The fourth-order valence-corrected chi connectivity index (χ4v) is 3.21. The first-order valence-electron chi connectivity index (χ1n) is 8.68. The number of hydrogen-bond acceptors (Lipinski definition) is 4. The van der Waals surface area contributed by atoms with E-state index in [9.17, 15) is 22.8 Å². The molecular formula is C18H23F3N2O4. The molecule has 1 N–H and O–H groups in total. The van der Waals surface area contributed by atoms with E-state index in [4.69, 9.17) is 5.11 Å². The monoisotopic (exact) mass is 388 g/mol. The fraction of sp³-hybridized carbons (Fsp3) is 0.556. The van der Waals surface area contributed by atoms with Crippen LogP contribution in [0.2, 0.25) is 0 Å². The summed E-state index contributed by atoms with van der Waals surface area (Å²) in [6.45, 7) is 1.08. The van der Waals surface area contributed by atoms with Crippen molar-refractivity contribution in [2.45, 2.75) is 38.1 Å². The van der Waals surface area contributed by atoms with Crippen LogP contribution in [0.15, 0.2) is 24.3 Å². The molecule has 0 aliphatic carbocycles. The molecule has 2 rings (SSSR count). The summed E-state index contributed by atoms with van der Waals surface area (Å²) >= 11 is 0. The van der Waals surface area contributed by atoms with Gasteiger partial charge in [-0.2, -0.15) is 0 Å². The van der Waals surface area contributed by atoms with Gasteiger partial charge in [0.2, 0.25) is 5.91 Å². The molecule has 1 aromatic carbocycles. The van der Waals surface area contributed by atoms with Crippen LogP contribution >= 0.6 is 0 Å². The van der Waals surface area contributed by atoms with Gasteiger partial charge in [0.15, 0.2) is 0 Å². The maximum absolute atomic E-state index is 12.5. The first-order chi connectivity index (χ1) is 12.6. The number of carbonyl (C=O) groups excluding carboxylic acids is 1. The number of aliphatic carboxylic acids is 1. The number of rotatable bonds is 6. The maximum atomic E-state index is 12.5. The lowest BCUT2D eigenvalue weighted by atomic mass is 10.1. The van der Waals surface area contributed by atoms with E-state index >= 15 is 0 Å². The van der Waals surface area contributed by atoms with Crippen LogP contribution in [0.3, 0.4) is 0 Å². The van der Waals surface area contributed by atoms with Gasteiger partial charge in [0.25, 0.3) is 0 Å². The van der Waals surface area contributed by atoms with Crippen molar-refractivity contribution in [1.29, 1.82) is 0 Å². The summed E-state index contributed by atoms with van der Waals surface area (Å²) in [5.74, 6) is -1.30. The van der Waals surface area contributed by atoms with Crippen LogP contribution in [0.25, 0.3) is 0 Å². The molecule has 1 atom stereocenters. The Labute approximate surface area is 155 Å². The topological polar surface area (TPSA) is 70.1 Å². The molecule has 6 nitrogen and oxygen atoms in total. The number of benzene rings is 1. The molecule has 0 saturated carbocycles. The molecule has 27 heavy (non-hydrogen) atoms. The highest BCUT2D eigenvalue weighted by Crippen LogP contribution is 2.23. The molecule has 0 radical (unpaired) electrons. The normalized spacial score (nSPS) is 18.3. The zero-order chi connectivity index (χ0) is 20.0. The highest BCUT2D eigenvalue weighted by atomic mass is 19.4. The predicted octanol–water partition coefficient (Wildman–Crippen LogP) is 2.53. The van der Waals surface area contributed by atoms with E-state index in [2.05, 4.69) is 4.74 Å². The Kier molecular flexibility index (Phi) is 7.06. The van der Waals surface area contributed by atoms with E-state index in [1.165, 1.54) is 24.3 Å². The molecule has 1 saturated heterocycles. The Balaban J connectivity index is 1.88. The second-order valence-electron chi connectivity index (χ2n) is 6.64. The third-order valence-corrected chi connectivity index (χ3v) is 4.57. The molecule has 150 valence electrons. The van der Waals surface area contributed by atoms with Crippen LogP contribution in [0.5, 0.6) is 5.75 Å². The Morgan fingerprint density at radius 1 is 1.22 bits per heavy atom. The summed E-state index contributed by atoms with van der Waals surface area (Å²) in [4.78, 5) is 26.9. The second kappa shape index (κ2) is 9.07. The number of hydrogen-bond donors (Lipinski definition) is 1. The summed E-state index contributed by atoms with van der Waals surface area (Å²) in [6.07, 6.45) is -2.36. The number of likely N-dealkylation sites (N-methyl/N-ethyl adjacent to an activating group) is 1. The Hall–Kier alpha value is -2.29. The van der Waals surface area contributed by atoms with Crippen LogP contribution in [0, 0.1) is 0 Å². The predicted molar refractivity (Wildman–Crippen MR) is 91.3 cm³/mol. The number of carboxylic acids is 1. The van der Waals surface area contributed by atoms with Crippen molar-refractivity contribution in [3.05, 3.63) is 29.8 Å². The molecule has 1 aliphatic rings. The Bertz CT molecular complexity index is 649. The highest BCUT2D eigenvalue weighted by molar-refractivity contribution is 5.78. The summed E-state index contributed by atoms with van der Waals surface area (Å²) in [5, 5.41) is 8.89. The van der Waals surface area contributed by atoms with E-state index in [0.717, 1.165) is 12.8 Å². The third-order valence-electron chi connectivity index (χ3n) is 4.57. The van der Waals surface area contributed by atoms with Gasteiger partial charge in [-0.15, -0.1) is 13.2 Å². The van der Waals surface area contributed by atoms with Crippen molar-refractivity contribution in [3.8, 4) is 5.75 Å². The van der Waals surface area contributed by atoms with Crippen LogP contribution in [-0.2, 0) is 16.0 Å².